The predicted molar refractivity (Wildman–Crippen MR) is 142 cm³/mol. The van der Waals surface area contributed by atoms with Gasteiger partial charge in [0.2, 0.25) is 0 Å². The van der Waals surface area contributed by atoms with Crippen LogP contribution < -0.4 is 14.8 Å². The minimum Gasteiger partial charge on any atom is -0.454 e. The summed E-state index contributed by atoms with van der Waals surface area (Å²) in [5, 5.41) is 2.95. The zero-order chi connectivity index (χ0) is 26.3. The molecule has 4 rings (SSSR count). The summed E-state index contributed by atoms with van der Waals surface area (Å²) in [5.74, 6) is -0.382. The maximum Gasteiger partial charge on any atom is 0.262 e. The Kier molecular flexibility index (Phi) is 9.02. The van der Waals surface area contributed by atoms with Gasteiger partial charge in [-0.3, -0.25) is 9.52 Å². The van der Waals surface area contributed by atoms with E-state index in [1.807, 2.05) is 0 Å². The minimum atomic E-state index is -3.98. The molecule has 0 saturated carbocycles. The van der Waals surface area contributed by atoms with Crippen LogP contribution in [0.1, 0.15) is 36.0 Å². The van der Waals surface area contributed by atoms with E-state index >= 15 is 0 Å². The third kappa shape index (κ3) is 7.44. The van der Waals surface area contributed by atoms with Crippen LogP contribution in [0.2, 0.25) is 5.02 Å². The Hall–Kier alpha value is -3.14. The third-order valence-corrected chi connectivity index (χ3v) is 7.73. The first-order valence-electron chi connectivity index (χ1n) is 12.2. The van der Waals surface area contributed by atoms with Crippen molar-refractivity contribution in [2.45, 2.75) is 30.6 Å². The fourth-order valence-corrected chi connectivity index (χ4v) is 5.37. The second-order valence-corrected chi connectivity index (χ2v) is 10.9. The number of carbonyl (C=O) groups excluding carboxylic acids is 1. The number of carbonyl (C=O) groups is 1. The van der Waals surface area contributed by atoms with E-state index in [2.05, 4.69) is 14.9 Å². The van der Waals surface area contributed by atoms with Crippen LogP contribution >= 0.6 is 11.6 Å². The number of halogens is 2. The second kappa shape index (κ2) is 12.4. The number of rotatable bonds is 10. The summed E-state index contributed by atoms with van der Waals surface area (Å²) in [6.07, 6.45) is 4.63. The fraction of sp³-hybridized carbons (Fsp3) is 0.296. The number of benzene rings is 3. The Labute approximate surface area is 221 Å². The Balaban J connectivity index is 1.36. The lowest BCUT2D eigenvalue weighted by Gasteiger charge is -2.26. The Morgan fingerprint density at radius 3 is 2.43 bits per heavy atom. The number of likely N-dealkylation sites (tertiary alicyclic amines) is 1. The molecule has 3 aromatic rings. The molecule has 10 heteroatoms. The van der Waals surface area contributed by atoms with Crippen LogP contribution in [0.15, 0.2) is 71.6 Å². The van der Waals surface area contributed by atoms with Crippen molar-refractivity contribution in [3.8, 4) is 11.5 Å². The number of nitrogens with zero attached hydrogens (tertiary/aromatic N) is 1. The van der Waals surface area contributed by atoms with Crippen LogP contribution in [0.3, 0.4) is 0 Å². The van der Waals surface area contributed by atoms with Gasteiger partial charge in [-0.25, -0.2) is 12.8 Å². The zero-order valence-electron chi connectivity index (χ0n) is 20.3. The number of nitrogens with one attached hydrogen (secondary N) is 2. The van der Waals surface area contributed by atoms with Gasteiger partial charge in [0, 0.05) is 12.1 Å². The number of ether oxygens (including phenoxy) is 1. The molecule has 0 bridgehead atoms. The normalized spacial score (nSPS) is 14.2. The molecule has 37 heavy (non-hydrogen) atoms. The molecule has 1 amide bonds. The standard InChI is InChI=1S/C27H29ClFN3O4S/c28-23-19-21(29)11-14-25(23)36-26-8-3-2-7-24(26)31-37(34,35)22-12-9-20(10-13-22)27(33)30-15-6-18-32-16-4-1-5-17-32/h2-3,7-14,19,31H,1,4-6,15-18H2,(H,30,33). The molecule has 0 spiro atoms. The van der Waals surface area contributed by atoms with Crippen LogP contribution in [0.5, 0.6) is 11.5 Å². The minimum absolute atomic E-state index is 0.0104. The molecule has 0 atom stereocenters. The summed E-state index contributed by atoms with van der Waals surface area (Å²) in [6.45, 7) is 3.76. The highest BCUT2D eigenvalue weighted by Crippen LogP contribution is 2.34. The summed E-state index contributed by atoms with van der Waals surface area (Å²) in [7, 11) is -3.98. The average Bonchev–Trinajstić information content (AvgIpc) is 2.90. The molecule has 0 aromatic heterocycles. The van der Waals surface area contributed by atoms with Gasteiger partial charge in [0.1, 0.15) is 11.6 Å². The fourth-order valence-electron chi connectivity index (χ4n) is 4.10. The van der Waals surface area contributed by atoms with Crippen LogP contribution in [0.4, 0.5) is 10.1 Å². The van der Waals surface area contributed by atoms with Crippen LogP contribution in [-0.2, 0) is 10.0 Å². The molecule has 7 nitrogen and oxygen atoms in total. The molecule has 0 radical (unpaired) electrons. The highest BCUT2D eigenvalue weighted by molar-refractivity contribution is 7.92. The topological polar surface area (TPSA) is 87.7 Å². The van der Waals surface area contributed by atoms with Crippen molar-refractivity contribution in [1.82, 2.24) is 10.2 Å². The van der Waals surface area contributed by atoms with Gasteiger partial charge < -0.3 is 15.0 Å². The van der Waals surface area contributed by atoms with E-state index in [1.54, 1.807) is 18.2 Å². The molecular weight excluding hydrogens is 517 g/mol. The van der Waals surface area contributed by atoms with E-state index in [-0.39, 0.29) is 33.0 Å². The Morgan fingerprint density at radius 1 is 0.973 bits per heavy atom. The number of hydrogen-bond acceptors (Lipinski definition) is 5. The summed E-state index contributed by atoms with van der Waals surface area (Å²) < 4.78 is 47.6. The van der Waals surface area contributed by atoms with Crippen molar-refractivity contribution in [2.24, 2.45) is 0 Å². The maximum absolute atomic E-state index is 13.3. The van der Waals surface area contributed by atoms with Gasteiger partial charge in [0.25, 0.3) is 15.9 Å². The van der Waals surface area contributed by atoms with Gasteiger partial charge in [-0.1, -0.05) is 30.2 Å². The zero-order valence-corrected chi connectivity index (χ0v) is 21.8. The lowest BCUT2D eigenvalue weighted by Crippen LogP contribution is -2.33. The van der Waals surface area contributed by atoms with Crippen LogP contribution in [0.25, 0.3) is 0 Å². The number of para-hydroxylation sites is 2. The Bertz CT molecular complexity index is 1330. The third-order valence-electron chi connectivity index (χ3n) is 6.06. The lowest BCUT2D eigenvalue weighted by molar-refractivity contribution is 0.0951. The van der Waals surface area contributed by atoms with Crippen molar-refractivity contribution in [2.75, 3.05) is 30.9 Å². The van der Waals surface area contributed by atoms with Gasteiger partial charge in [0.05, 0.1) is 15.6 Å². The molecule has 1 aliphatic heterocycles. The molecule has 0 aliphatic carbocycles. The first-order chi connectivity index (χ1) is 17.8. The molecule has 3 aromatic carbocycles. The van der Waals surface area contributed by atoms with Crippen molar-refractivity contribution < 1.29 is 22.3 Å². The van der Waals surface area contributed by atoms with Gasteiger partial charge in [-0.15, -0.1) is 0 Å². The SMILES string of the molecule is O=C(NCCCN1CCCCC1)c1ccc(S(=O)(=O)Nc2ccccc2Oc2ccc(F)cc2Cl)cc1. The van der Waals surface area contributed by atoms with E-state index in [0.717, 1.165) is 32.1 Å². The Morgan fingerprint density at radius 2 is 1.70 bits per heavy atom. The molecule has 2 N–H and O–H groups in total. The molecule has 1 heterocycles. The molecule has 1 fully saturated rings. The average molecular weight is 546 g/mol. The monoisotopic (exact) mass is 545 g/mol. The summed E-state index contributed by atoms with van der Waals surface area (Å²) >= 11 is 6.04. The van der Waals surface area contributed by atoms with Crippen molar-refractivity contribution >= 4 is 33.2 Å². The van der Waals surface area contributed by atoms with Crippen molar-refractivity contribution in [3.05, 3.63) is 83.1 Å². The number of hydrogen-bond donors (Lipinski definition) is 2. The highest BCUT2D eigenvalue weighted by atomic mass is 35.5. The predicted octanol–water partition coefficient (Wildman–Crippen LogP) is 5.68. The number of sulfonamides is 1. The van der Waals surface area contributed by atoms with E-state index in [1.165, 1.54) is 61.7 Å². The lowest BCUT2D eigenvalue weighted by atomic mass is 10.1. The summed E-state index contributed by atoms with van der Waals surface area (Å²) in [5.41, 5.74) is 0.560. The first kappa shape index (κ1) is 26.9. The second-order valence-electron chi connectivity index (χ2n) is 8.81. The van der Waals surface area contributed by atoms with Gasteiger partial charge >= 0.3 is 0 Å². The van der Waals surface area contributed by atoms with Gasteiger partial charge in [-0.05, 0) is 93.5 Å². The quantitative estimate of drug-likeness (QED) is 0.320. The molecule has 196 valence electrons. The smallest absolute Gasteiger partial charge is 0.262 e. The molecule has 1 saturated heterocycles. The first-order valence-corrected chi connectivity index (χ1v) is 14.0. The maximum atomic E-state index is 13.3. The summed E-state index contributed by atoms with van der Waals surface area (Å²) in [6, 6.07) is 15.8. The van der Waals surface area contributed by atoms with Gasteiger partial charge in [0.15, 0.2) is 5.75 Å². The number of piperidine rings is 1. The van der Waals surface area contributed by atoms with Crippen LogP contribution in [0, 0.1) is 5.82 Å². The van der Waals surface area contributed by atoms with E-state index in [9.17, 15) is 17.6 Å². The largest absolute Gasteiger partial charge is 0.454 e. The van der Waals surface area contributed by atoms with Gasteiger partial charge in [-0.2, -0.15) is 0 Å². The highest BCUT2D eigenvalue weighted by Gasteiger charge is 2.18. The van der Waals surface area contributed by atoms with Crippen molar-refractivity contribution in [3.63, 3.8) is 0 Å². The molecular formula is C27H29ClFN3O4S. The van der Waals surface area contributed by atoms with E-state index in [0.29, 0.717) is 12.1 Å². The molecule has 0 unspecified atom stereocenters. The number of anilines is 1. The number of amides is 1. The van der Waals surface area contributed by atoms with E-state index < -0.39 is 15.8 Å². The van der Waals surface area contributed by atoms with Crippen LogP contribution in [-0.4, -0.2) is 45.4 Å². The van der Waals surface area contributed by atoms with E-state index in [4.69, 9.17) is 16.3 Å². The summed E-state index contributed by atoms with van der Waals surface area (Å²) in [4.78, 5) is 14.9. The molecule has 1 aliphatic rings. The van der Waals surface area contributed by atoms with Crippen molar-refractivity contribution in [1.29, 1.82) is 0 Å².